The maximum absolute atomic E-state index is 12.4. The van der Waals surface area contributed by atoms with Crippen molar-refractivity contribution in [2.45, 2.75) is 77.1 Å². The number of hydrogen-bond acceptors (Lipinski definition) is 7. The molecule has 0 amide bonds. The van der Waals surface area contributed by atoms with Crippen LogP contribution in [0.5, 0.6) is 17.2 Å². The van der Waals surface area contributed by atoms with Crippen molar-refractivity contribution in [3.05, 3.63) is 12.1 Å². The molecule has 0 atom stereocenters. The standard InChI is InChI=1S/C20H27BO7/c1-19(2)20(3,4)28-21(27-19)14-10-16-17(24-12-23-16)11-15(14)26-18(22)25-13-8-6-5-7-9-13/h10-11,13H,5-9,12H2,1-4H3. The van der Waals surface area contributed by atoms with E-state index < -0.39 is 24.5 Å². The number of fused-ring (bicyclic) bond motifs is 1. The lowest BCUT2D eigenvalue weighted by Crippen LogP contribution is -2.41. The van der Waals surface area contributed by atoms with Crippen LogP contribution in [0, 0.1) is 0 Å². The third-order valence-electron chi connectivity index (χ3n) is 6.02. The summed E-state index contributed by atoms with van der Waals surface area (Å²) in [4.78, 5) is 12.4. The van der Waals surface area contributed by atoms with Crippen LogP contribution >= 0.6 is 0 Å². The van der Waals surface area contributed by atoms with Gasteiger partial charge in [0.05, 0.1) is 11.2 Å². The minimum Gasteiger partial charge on any atom is -0.454 e. The van der Waals surface area contributed by atoms with Gasteiger partial charge in [0.25, 0.3) is 0 Å². The minimum atomic E-state index is -0.719. The molecule has 1 aromatic rings. The van der Waals surface area contributed by atoms with Crippen LogP contribution in [-0.4, -0.2) is 37.4 Å². The van der Waals surface area contributed by atoms with E-state index in [-0.39, 0.29) is 12.9 Å². The van der Waals surface area contributed by atoms with E-state index in [1.54, 1.807) is 12.1 Å². The van der Waals surface area contributed by atoms with Gasteiger partial charge in [-0.05, 0) is 59.4 Å². The molecule has 0 radical (unpaired) electrons. The lowest BCUT2D eigenvalue weighted by Gasteiger charge is -2.32. The number of benzene rings is 1. The van der Waals surface area contributed by atoms with Crippen molar-refractivity contribution in [1.29, 1.82) is 0 Å². The molecule has 28 heavy (non-hydrogen) atoms. The summed E-state index contributed by atoms with van der Waals surface area (Å²) in [6.45, 7) is 8.00. The summed E-state index contributed by atoms with van der Waals surface area (Å²) in [7, 11) is -0.697. The molecule has 0 bridgehead atoms. The van der Waals surface area contributed by atoms with E-state index in [2.05, 4.69) is 0 Å². The highest BCUT2D eigenvalue weighted by Gasteiger charge is 2.53. The van der Waals surface area contributed by atoms with Crippen molar-refractivity contribution in [3.63, 3.8) is 0 Å². The SMILES string of the molecule is CC1(C)OB(c2cc3c(cc2OC(=O)OC2CCCCC2)OCO3)OC1(C)C. The highest BCUT2D eigenvalue weighted by Crippen LogP contribution is 2.40. The topological polar surface area (TPSA) is 72.5 Å². The lowest BCUT2D eigenvalue weighted by atomic mass is 9.78. The second kappa shape index (κ2) is 7.15. The van der Waals surface area contributed by atoms with Crippen LogP contribution < -0.4 is 19.7 Å². The first kappa shape index (κ1) is 19.4. The van der Waals surface area contributed by atoms with E-state index in [9.17, 15) is 4.79 Å². The molecular formula is C20H27BO7. The second-order valence-electron chi connectivity index (χ2n) is 8.56. The normalized spacial score (nSPS) is 22.9. The average Bonchev–Trinajstić information content (AvgIpc) is 3.16. The van der Waals surface area contributed by atoms with Crippen molar-refractivity contribution >= 4 is 18.7 Å². The van der Waals surface area contributed by atoms with E-state index in [0.717, 1.165) is 25.7 Å². The van der Waals surface area contributed by atoms with E-state index in [1.807, 2.05) is 27.7 Å². The molecule has 152 valence electrons. The fraction of sp³-hybridized carbons (Fsp3) is 0.650. The van der Waals surface area contributed by atoms with Gasteiger partial charge in [0, 0.05) is 11.5 Å². The van der Waals surface area contributed by atoms with Crippen LogP contribution in [-0.2, 0) is 14.0 Å². The molecule has 8 heteroatoms. The van der Waals surface area contributed by atoms with Gasteiger partial charge in [0.15, 0.2) is 11.5 Å². The molecular weight excluding hydrogens is 363 g/mol. The Kier molecular flexibility index (Phi) is 4.95. The molecule has 1 saturated heterocycles. The van der Waals surface area contributed by atoms with E-state index >= 15 is 0 Å². The van der Waals surface area contributed by atoms with Crippen molar-refractivity contribution in [1.82, 2.24) is 0 Å². The Labute approximate surface area is 165 Å². The third-order valence-corrected chi connectivity index (χ3v) is 6.02. The van der Waals surface area contributed by atoms with E-state index in [0.29, 0.717) is 22.7 Å². The fourth-order valence-electron chi connectivity index (χ4n) is 3.61. The van der Waals surface area contributed by atoms with Crippen molar-refractivity contribution in [3.8, 4) is 17.2 Å². The molecule has 0 unspecified atom stereocenters. The van der Waals surface area contributed by atoms with Crippen molar-refractivity contribution < 1.29 is 33.1 Å². The lowest BCUT2D eigenvalue weighted by molar-refractivity contribution is 0.00578. The van der Waals surface area contributed by atoms with Gasteiger partial charge in [0.2, 0.25) is 6.79 Å². The summed E-state index contributed by atoms with van der Waals surface area (Å²) in [5.41, 5.74) is -0.467. The zero-order valence-corrected chi connectivity index (χ0v) is 16.9. The number of hydrogen-bond donors (Lipinski definition) is 0. The van der Waals surface area contributed by atoms with Gasteiger partial charge in [-0.1, -0.05) is 6.42 Å². The number of rotatable bonds is 3. The van der Waals surface area contributed by atoms with Crippen LogP contribution in [0.2, 0.25) is 0 Å². The average molecular weight is 390 g/mol. The predicted molar refractivity (Wildman–Crippen MR) is 102 cm³/mol. The molecule has 0 aromatic heterocycles. The molecule has 1 aliphatic carbocycles. The van der Waals surface area contributed by atoms with Crippen molar-refractivity contribution in [2.24, 2.45) is 0 Å². The molecule has 7 nitrogen and oxygen atoms in total. The number of ether oxygens (including phenoxy) is 4. The Hall–Kier alpha value is -1.93. The Bertz CT molecular complexity index is 739. The van der Waals surface area contributed by atoms with Crippen LogP contribution in [0.4, 0.5) is 4.79 Å². The molecule has 2 fully saturated rings. The first-order valence-electron chi connectivity index (χ1n) is 9.93. The molecule has 4 rings (SSSR count). The van der Waals surface area contributed by atoms with Gasteiger partial charge < -0.3 is 28.3 Å². The first-order chi connectivity index (χ1) is 13.2. The summed E-state index contributed by atoms with van der Waals surface area (Å²) < 4.78 is 34.2. The van der Waals surface area contributed by atoms with Crippen LogP contribution in [0.3, 0.4) is 0 Å². The summed E-state index contributed by atoms with van der Waals surface area (Å²) >= 11 is 0. The molecule has 0 spiro atoms. The zero-order chi connectivity index (χ0) is 19.9. The van der Waals surface area contributed by atoms with Gasteiger partial charge in [-0.15, -0.1) is 0 Å². The molecule has 2 aliphatic heterocycles. The van der Waals surface area contributed by atoms with Gasteiger partial charge in [0.1, 0.15) is 11.9 Å². The Morgan fingerprint density at radius 2 is 1.61 bits per heavy atom. The van der Waals surface area contributed by atoms with Gasteiger partial charge >= 0.3 is 13.3 Å². The van der Waals surface area contributed by atoms with Gasteiger partial charge in [-0.25, -0.2) is 4.79 Å². The van der Waals surface area contributed by atoms with Crippen LogP contribution in [0.15, 0.2) is 12.1 Å². The van der Waals surface area contributed by atoms with Gasteiger partial charge in [-0.3, -0.25) is 0 Å². The third kappa shape index (κ3) is 3.67. The molecule has 3 aliphatic rings. The van der Waals surface area contributed by atoms with Gasteiger partial charge in [-0.2, -0.15) is 0 Å². The van der Waals surface area contributed by atoms with E-state index in [1.165, 1.54) is 6.42 Å². The Balaban J connectivity index is 1.57. The van der Waals surface area contributed by atoms with Crippen LogP contribution in [0.25, 0.3) is 0 Å². The second-order valence-corrected chi connectivity index (χ2v) is 8.56. The number of carbonyl (C=O) groups excluding carboxylic acids is 1. The Morgan fingerprint density at radius 1 is 1.00 bits per heavy atom. The molecule has 1 saturated carbocycles. The largest absolute Gasteiger partial charge is 0.514 e. The minimum absolute atomic E-state index is 0.0874. The van der Waals surface area contributed by atoms with Crippen molar-refractivity contribution in [2.75, 3.05) is 6.79 Å². The Morgan fingerprint density at radius 3 is 2.25 bits per heavy atom. The summed E-state index contributed by atoms with van der Waals surface area (Å²) in [6.07, 6.45) is 4.27. The first-order valence-corrected chi connectivity index (χ1v) is 9.93. The highest BCUT2D eigenvalue weighted by atomic mass is 16.7. The molecule has 1 aromatic carbocycles. The fourth-order valence-corrected chi connectivity index (χ4v) is 3.61. The summed E-state index contributed by atoms with van der Waals surface area (Å²) in [5.74, 6) is 1.38. The maximum Gasteiger partial charge on any atom is 0.514 e. The molecule has 2 heterocycles. The zero-order valence-electron chi connectivity index (χ0n) is 16.9. The maximum atomic E-state index is 12.4. The number of carbonyl (C=O) groups is 1. The smallest absolute Gasteiger partial charge is 0.454 e. The van der Waals surface area contributed by atoms with Crippen LogP contribution in [0.1, 0.15) is 59.8 Å². The summed E-state index contributed by atoms with van der Waals surface area (Å²) in [5, 5.41) is 0. The summed E-state index contributed by atoms with van der Waals surface area (Å²) in [6, 6.07) is 3.37. The molecule has 0 N–H and O–H groups in total. The quantitative estimate of drug-likeness (QED) is 0.444. The highest BCUT2D eigenvalue weighted by molar-refractivity contribution is 6.63. The van der Waals surface area contributed by atoms with E-state index in [4.69, 9.17) is 28.3 Å². The monoisotopic (exact) mass is 390 g/mol. The predicted octanol–water partition coefficient (Wildman–Crippen LogP) is 3.56.